The Balaban J connectivity index is 1.42. The van der Waals surface area contributed by atoms with Gasteiger partial charge in [-0.1, -0.05) is 43.3 Å². The average molecular weight is 450 g/mol. The molecule has 1 aliphatic heterocycles. The van der Waals surface area contributed by atoms with Gasteiger partial charge in [-0.05, 0) is 42.7 Å². The molecule has 0 atom stereocenters. The SMILES string of the molecule is CCC(CC)N(Cc1cc(C(=O)NCc2ccc3c(c2)OCO3)no1)C(=O)c1ccccc1. The molecule has 8 nitrogen and oxygen atoms in total. The standard InChI is InChI=1S/C25H27N3O5/c1-3-19(4-2)28(25(30)18-8-6-5-7-9-18)15-20-13-21(27-33-20)24(29)26-14-17-10-11-22-23(12-17)32-16-31-22/h5-13,19H,3-4,14-16H2,1-2H3,(H,26,29). The predicted molar refractivity (Wildman–Crippen MR) is 121 cm³/mol. The number of carbonyl (C=O) groups excluding carboxylic acids is 2. The van der Waals surface area contributed by atoms with E-state index in [0.717, 1.165) is 18.4 Å². The van der Waals surface area contributed by atoms with Crippen LogP contribution in [-0.4, -0.2) is 34.7 Å². The van der Waals surface area contributed by atoms with Gasteiger partial charge >= 0.3 is 0 Å². The van der Waals surface area contributed by atoms with E-state index < -0.39 is 0 Å². The molecule has 0 fully saturated rings. The van der Waals surface area contributed by atoms with Crippen LogP contribution in [-0.2, 0) is 13.1 Å². The van der Waals surface area contributed by atoms with Crippen LogP contribution in [0.25, 0.3) is 0 Å². The van der Waals surface area contributed by atoms with Crippen molar-refractivity contribution in [2.75, 3.05) is 6.79 Å². The summed E-state index contributed by atoms with van der Waals surface area (Å²) >= 11 is 0. The van der Waals surface area contributed by atoms with Gasteiger partial charge in [0.1, 0.15) is 0 Å². The Kier molecular flexibility index (Phi) is 6.92. The summed E-state index contributed by atoms with van der Waals surface area (Å²) in [5.74, 6) is 1.38. The van der Waals surface area contributed by atoms with Crippen molar-refractivity contribution in [2.45, 2.75) is 45.8 Å². The summed E-state index contributed by atoms with van der Waals surface area (Å²) in [4.78, 5) is 27.5. The number of nitrogens with zero attached hydrogens (tertiary/aromatic N) is 2. The third-order valence-electron chi connectivity index (χ3n) is 5.67. The summed E-state index contributed by atoms with van der Waals surface area (Å²) < 4.78 is 16.1. The van der Waals surface area contributed by atoms with Crippen LogP contribution in [0, 0.1) is 0 Å². The maximum atomic E-state index is 13.2. The van der Waals surface area contributed by atoms with E-state index in [-0.39, 0.29) is 36.9 Å². The summed E-state index contributed by atoms with van der Waals surface area (Å²) in [5, 5.41) is 6.74. The summed E-state index contributed by atoms with van der Waals surface area (Å²) in [7, 11) is 0. The number of aromatic nitrogens is 1. The Morgan fingerprint density at radius 2 is 1.79 bits per heavy atom. The molecule has 1 aromatic heterocycles. The van der Waals surface area contributed by atoms with Crippen LogP contribution in [0.3, 0.4) is 0 Å². The zero-order valence-electron chi connectivity index (χ0n) is 18.7. The molecule has 1 N–H and O–H groups in total. The zero-order chi connectivity index (χ0) is 23.2. The van der Waals surface area contributed by atoms with Gasteiger partial charge < -0.3 is 24.2 Å². The van der Waals surface area contributed by atoms with Crippen molar-refractivity contribution in [3.8, 4) is 11.5 Å². The quantitative estimate of drug-likeness (QED) is 0.527. The van der Waals surface area contributed by atoms with Gasteiger partial charge in [0.25, 0.3) is 11.8 Å². The van der Waals surface area contributed by atoms with E-state index >= 15 is 0 Å². The van der Waals surface area contributed by atoms with Crippen LogP contribution in [0.4, 0.5) is 0 Å². The molecule has 3 aromatic rings. The number of nitrogens with one attached hydrogen (secondary N) is 1. The summed E-state index contributed by atoms with van der Waals surface area (Å²) in [6, 6.07) is 16.3. The fourth-order valence-corrected chi connectivity index (χ4v) is 3.83. The lowest BCUT2D eigenvalue weighted by atomic mass is 10.1. The lowest BCUT2D eigenvalue weighted by Gasteiger charge is -2.29. The van der Waals surface area contributed by atoms with Crippen molar-refractivity contribution >= 4 is 11.8 Å². The molecular formula is C25H27N3O5. The van der Waals surface area contributed by atoms with Gasteiger partial charge in [0.15, 0.2) is 23.0 Å². The topological polar surface area (TPSA) is 93.9 Å². The Morgan fingerprint density at radius 3 is 2.55 bits per heavy atom. The van der Waals surface area contributed by atoms with Crippen molar-refractivity contribution in [1.29, 1.82) is 0 Å². The second-order valence-corrected chi connectivity index (χ2v) is 7.82. The lowest BCUT2D eigenvalue weighted by molar-refractivity contribution is 0.0627. The molecule has 2 amide bonds. The molecule has 0 radical (unpaired) electrons. The van der Waals surface area contributed by atoms with Crippen molar-refractivity contribution in [3.63, 3.8) is 0 Å². The molecule has 2 heterocycles. The number of carbonyl (C=O) groups is 2. The van der Waals surface area contributed by atoms with Gasteiger partial charge in [-0.15, -0.1) is 0 Å². The molecule has 0 aliphatic carbocycles. The van der Waals surface area contributed by atoms with E-state index in [2.05, 4.69) is 24.3 Å². The summed E-state index contributed by atoms with van der Waals surface area (Å²) in [6.07, 6.45) is 1.62. The fourth-order valence-electron chi connectivity index (χ4n) is 3.83. The molecule has 0 unspecified atom stereocenters. The number of ether oxygens (including phenoxy) is 2. The number of benzene rings is 2. The Bertz CT molecular complexity index is 1110. The van der Waals surface area contributed by atoms with E-state index in [1.54, 1.807) is 23.1 Å². The van der Waals surface area contributed by atoms with E-state index in [4.69, 9.17) is 14.0 Å². The first-order valence-corrected chi connectivity index (χ1v) is 11.1. The second-order valence-electron chi connectivity index (χ2n) is 7.82. The number of fused-ring (bicyclic) bond motifs is 1. The van der Waals surface area contributed by atoms with E-state index in [1.165, 1.54) is 0 Å². The molecule has 0 saturated heterocycles. The van der Waals surface area contributed by atoms with Gasteiger partial charge in [-0.2, -0.15) is 0 Å². The summed E-state index contributed by atoms with van der Waals surface area (Å²) in [6.45, 7) is 4.85. The van der Waals surface area contributed by atoms with Gasteiger partial charge in [0, 0.05) is 24.2 Å². The molecular weight excluding hydrogens is 422 g/mol. The highest BCUT2D eigenvalue weighted by Crippen LogP contribution is 2.32. The first-order valence-electron chi connectivity index (χ1n) is 11.1. The Labute approximate surface area is 192 Å². The van der Waals surface area contributed by atoms with Crippen LogP contribution in [0.2, 0.25) is 0 Å². The Morgan fingerprint density at radius 1 is 1.03 bits per heavy atom. The van der Waals surface area contributed by atoms with Gasteiger partial charge in [-0.25, -0.2) is 0 Å². The number of hydrogen-bond donors (Lipinski definition) is 1. The Hall–Kier alpha value is -3.81. The van der Waals surface area contributed by atoms with Crippen LogP contribution >= 0.6 is 0 Å². The zero-order valence-corrected chi connectivity index (χ0v) is 18.7. The molecule has 0 spiro atoms. The number of amides is 2. The van der Waals surface area contributed by atoms with E-state index in [0.29, 0.717) is 29.4 Å². The fraction of sp³-hybridized carbons (Fsp3) is 0.320. The highest BCUT2D eigenvalue weighted by Gasteiger charge is 2.25. The third-order valence-corrected chi connectivity index (χ3v) is 5.67. The van der Waals surface area contributed by atoms with Crippen molar-refractivity contribution in [1.82, 2.24) is 15.4 Å². The third kappa shape index (κ3) is 5.16. The molecule has 2 aromatic carbocycles. The average Bonchev–Trinajstić information content (AvgIpc) is 3.52. The first kappa shape index (κ1) is 22.4. The monoisotopic (exact) mass is 449 g/mol. The van der Waals surface area contributed by atoms with Crippen molar-refractivity contribution in [3.05, 3.63) is 77.2 Å². The highest BCUT2D eigenvalue weighted by molar-refractivity contribution is 5.94. The highest BCUT2D eigenvalue weighted by atomic mass is 16.7. The predicted octanol–water partition coefficient (Wildman–Crippen LogP) is 4.16. The minimum absolute atomic E-state index is 0.0473. The van der Waals surface area contributed by atoms with E-state index in [1.807, 2.05) is 36.4 Å². The second kappa shape index (κ2) is 10.2. The smallest absolute Gasteiger partial charge is 0.273 e. The first-order chi connectivity index (χ1) is 16.1. The minimum atomic E-state index is -0.355. The van der Waals surface area contributed by atoms with Gasteiger partial charge in [0.05, 0.1) is 6.54 Å². The number of hydrogen-bond acceptors (Lipinski definition) is 6. The van der Waals surface area contributed by atoms with Crippen molar-refractivity contribution < 1.29 is 23.6 Å². The maximum Gasteiger partial charge on any atom is 0.273 e. The molecule has 4 rings (SSSR count). The normalized spacial score (nSPS) is 12.1. The van der Waals surface area contributed by atoms with Gasteiger partial charge in [-0.3, -0.25) is 9.59 Å². The largest absolute Gasteiger partial charge is 0.454 e. The minimum Gasteiger partial charge on any atom is -0.454 e. The van der Waals surface area contributed by atoms with Crippen LogP contribution in [0.5, 0.6) is 11.5 Å². The summed E-state index contributed by atoms with van der Waals surface area (Å²) in [5.41, 5.74) is 1.66. The van der Waals surface area contributed by atoms with Gasteiger partial charge in [0.2, 0.25) is 6.79 Å². The lowest BCUT2D eigenvalue weighted by Crippen LogP contribution is -2.39. The molecule has 1 aliphatic rings. The van der Waals surface area contributed by atoms with E-state index in [9.17, 15) is 9.59 Å². The molecule has 0 bridgehead atoms. The maximum absolute atomic E-state index is 13.2. The molecule has 8 heteroatoms. The molecule has 33 heavy (non-hydrogen) atoms. The molecule has 0 saturated carbocycles. The van der Waals surface area contributed by atoms with Crippen LogP contribution in [0.1, 0.15) is 58.9 Å². The number of rotatable bonds is 9. The molecule has 172 valence electrons. The van der Waals surface area contributed by atoms with Crippen LogP contribution < -0.4 is 14.8 Å². The van der Waals surface area contributed by atoms with Crippen LogP contribution in [0.15, 0.2) is 59.1 Å². The van der Waals surface area contributed by atoms with Crippen molar-refractivity contribution in [2.24, 2.45) is 0 Å².